The average Bonchev–Trinajstić information content (AvgIpc) is 4.02. The van der Waals surface area contributed by atoms with E-state index in [-0.39, 0.29) is 28.8 Å². The summed E-state index contributed by atoms with van der Waals surface area (Å²) in [6.45, 7) is 0. The first-order valence-corrected chi connectivity index (χ1v) is 21.7. The van der Waals surface area contributed by atoms with Crippen LogP contribution in [0, 0.1) is 11.8 Å². The maximum Gasteiger partial charge on any atom is 0.250 e. The predicted octanol–water partition coefficient (Wildman–Crippen LogP) is 8.92. The summed E-state index contributed by atoms with van der Waals surface area (Å²) in [5.74, 6) is -6.03. The number of ketones is 1. The molecule has 6 aromatic carbocycles. The number of hydrogen-bond acceptors (Lipinski definition) is 10. The Bertz CT molecular complexity index is 2950. The highest BCUT2D eigenvalue weighted by molar-refractivity contribution is 6.31. The van der Waals surface area contributed by atoms with Crippen LogP contribution >= 0.6 is 23.2 Å². The number of fused-ring (bicyclic) bond motifs is 4. The smallest absolute Gasteiger partial charge is 0.250 e. The first-order chi connectivity index (χ1) is 31.4. The van der Waals surface area contributed by atoms with Crippen molar-refractivity contribution in [3.63, 3.8) is 0 Å². The SMILES string of the molecule is COc1ccc(C2C(c3ccccc3)NC3(C(=O)Nc4ccc(Cl)cc43)C2C(=O)C=C(O)C2C(c3ccccc3)NC3(C(=O)Nc4ccc(Cl)cc43)C2c2ccc(O)c(OC)c2)cc1O. The van der Waals surface area contributed by atoms with Crippen molar-refractivity contribution in [3.05, 3.63) is 189 Å². The third-order valence-corrected chi connectivity index (χ3v) is 14.0. The fourth-order valence-corrected chi connectivity index (χ4v) is 11.2. The van der Waals surface area contributed by atoms with Gasteiger partial charge in [0.25, 0.3) is 0 Å². The van der Waals surface area contributed by atoms with E-state index in [4.69, 9.17) is 32.7 Å². The van der Waals surface area contributed by atoms with E-state index in [0.717, 1.165) is 5.56 Å². The molecule has 12 nitrogen and oxygen atoms in total. The minimum Gasteiger partial charge on any atom is -0.512 e. The van der Waals surface area contributed by atoms with Crippen LogP contribution in [0.3, 0.4) is 0 Å². The number of allylic oxidation sites excluding steroid dienone is 1. The molecule has 328 valence electrons. The van der Waals surface area contributed by atoms with Crippen LogP contribution in [0.1, 0.15) is 57.3 Å². The molecular formula is C51H42Cl2N4O8. The molecule has 4 heterocycles. The second kappa shape index (κ2) is 16.0. The lowest BCUT2D eigenvalue weighted by Gasteiger charge is -2.33. The van der Waals surface area contributed by atoms with Crippen molar-refractivity contribution in [2.45, 2.75) is 35.0 Å². The van der Waals surface area contributed by atoms with Gasteiger partial charge in [-0.15, -0.1) is 0 Å². The van der Waals surface area contributed by atoms with Crippen molar-refractivity contribution >= 4 is 52.2 Å². The van der Waals surface area contributed by atoms with E-state index in [0.29, 0.717) is 49.2 Å². The van der Waals surface area contributed by atoms with Gasteiger partial charge in [-0.3, -0.25) is 25.0 Å². The maximum absolute atomic E-state index is 15.9. The van der Waals surface area contributed by atoms with Gasteiger partial charge in [-0.25, -0.2) is 0 Å². The average molecular weight is 910 g/mol. The molecule has 8 unspecified atom stereocenters. The molecule has 0 aromatic heterocycles. The number of ether oxygens (including phenoxy) is 2. The molecule has 2 saturated heterocycles. The Morgan fingerprint density at radius 3 is 1.77 bits per heavy atom. The van der Waals surface area contributed by atoms with Gasteiger partial charge in [0.15, 0.2) is 28.8 Å². The quantitative estimate of drug-likeness (QED) is 0.0548. The molecular weight excluding hydrogens is 867 g/mol. The summed E-state index contributed by atoms with van der Waals surface area (Å²) in [6.07, 6.45) is 1.17. The number of aliphatic hydroxyl groups is 1. The van der Waals surface area contributed by atoms with Crippen LogP contribution in [0.4, 0.5) is 11.4 Å². The van der Waals surface area contributed by atoms with E-state index in [2.05, 4.69) is 21.3 Å². The first-order valence-electron chi connectivity index (χ1n) is 21.0. The Balaban J connectivity index is 1.21. The van der Waals surface area contributed by atoms with E-state index in [1.807, 2.05) is 60.7 Å². The number of methoxy groups -OCH3 is 2. The number of benzene rings is 6. The lowest BCUT2D eigenvalue weighted by Crippen LogP contribution is -2.50. The maximum atomic E-state index is 15.9. The van der Waals surface area contributed by atoms with E-state index in [1.165, 1.54) is 32.4 Å². The molecule has 14 heteroatoms. The van der Waals surface area contributed by atoms with Crippen LogP contribution in [-0.2, 0) is 25.5 Å². The number of phenolic OH excluding ortho intramolecular Hbond substituents is 2. The van der Waals surface area contributed by atoms with Crippen molar-refractivity contribution in [1.82, 2.24) is 10.6 Å². The third-order valence-electron chi connectivity index (χ3n) is 13.6. The number of aliphatic hydroxyl groups excluding tert-OH is 1. The molecule has 7 N–H and O–H groups in total. The lowest BCUT2D eigenvalue weighted by atomic mass is 9.68. The Kier molecular flexibility index (Phi) is 10.4. The summed E-state index contributed by atoms with van der Waals surface area (Å²) in [5.41, 5.74) is 1.08. The number of amides is 2. The van der Waals surface area contributed by atoms with E-state index >= 15 is 4.79 Å². The molecule has 0 saturated carbocycles. The van der Waals surface area contributed by atoms with Crippen molar-refractivity contribution in [2.24, 2.45) is 11.8 Å². The zero-order chi connectivity index (χ0) is 45.4. The summed E-state index contributed by atoms with van der Waals surface area (Å²) in [5, 5.41) is 49.0. The van der Waals surface area contributed by atoms with E-state index < -0.39 is 64.4 Å². The lowest BCUT2D eigenvalue weighted by molar-refractivity contribution is -0.129. The van der Waals surface area contributed by atoms with Crippen molar-refractivity contribution in [1.29, 1.82) is 0 Å². The molecule has 4 aliphatic rings. The molecule has 2 spiro atoms. The number of halogens is 2. The van der Waals surface area contributed by atoms with Crippen LogP contribution in [-0.4, -0.2) is 47.1 Å². The van der Waals surface area contributed by atoms with Gasteiger partial charge in [-0.2, -0.15) is 0 Å². The number of rotatable bonds is 9. The summed E-state index contributed by atoms with van der Waals surface area (Å²) in [6, 6.07) is 36.9. The molecule has 6 aromatic rings. The molecule has 4 aliphatic heterocycles. The molecule has 65 heavy (non-hydrogen) atoms. The fraction of sp³-hybridized carbons (Fsp3) is 0.196. The number of hydrogen-bond donors (Lipinski definition) is 7. The Morgan fingerprint density at radius 2 is 1.17 bits per heavy atom. The zero-order valence-corrected chi connectivity index (χ0v) is 36.4. The molecule has 2 fully saturated rings. The van der Waals surface area contributed by atoms with Crippen molar-refractivity contribution < 1.29 is 39.2 Å². The highest BCUT2D eigenvalue weighted by atomic mass is 35.5. The van der Waals surface area contributed by atoms with Gasteiger partial charge in [-0.1, -0.05) is 96.0 Å². The fourth-order valence-electron chi connectivity index (χ4n) is 10.9. The number of carbonyl (C=O) groups excluding carboxylic acids is 3. The number of carbonyl (C=O) groups is 3. The zero-order valence-electron chi connectivity index (χ0n) is 34.9. The molecule has 0 aliphatic carbocycles. The molecule has 2 amide bonds. The van der Waals surface area contributed by atoms with Crippen LogP contribution in [0.15, 0.2) is 145 Å². The van der Waals surface area contributed by atoms with Gasteiger partial charge in [0, 0.05) is 68.5 Å². The summed E-state index contributed by atoms with van der Waals surface area (Å²) < 4.78 is 11.0. The van der Waals surface area contributed by atoms with Crippen LogP contribution in [0.25, 0.3) is 0 Å². The van der Waals surface area contributed by atoms with Crippen LogP contribution < -0.4 is 30.7 Å². The predicted molar refractivity (Wildman–Crippen MR) is 246 cm³/mol. The number of aromatic hydroxyl groups is 2. The highest BCUT2D eigenvalue weighted by Crippen LogP contribution is 2.61. The highest BCUT2D eigenvalue weighted by Gasteiger charge is 2.66. The Morgan fingerprint density at radius 1 is 0.615 bits per heavy atom. The Hall–Kier alpha value is -6.83. The number of phenols is 2. The normalized spacial score (nSPS) is 26.5. The van der Waals surface area contributed by atoms with Crippen molar-refractivity contribution in [3.8, 4) is 23.0 Å². The van der Waals surface area contributed by atoms with Crippen LogP contribution in [0.5, 0.6) is 23.0 Å². The third kappa shape index (κ3) is 6.54. The minimum atomic E-state index is -1.74. The van der Waals surface area contributed by atoms with Gasteiger partial charge in [0.1, 0.15) is 16.8 Å². The van der Waals surface area contributed by atoms with E-state index in [9.17, 15) is 24.9 Å². The first kappa shape index (κ1) is 42.1. The molecule has 10 rings (SSSR count). The largest absolute Gasteiger partial charge is 0.512 e. The standard InChI is InChI=1S/C51H42Cl2N4O8/c1-64-40-20-14-28(21-37(40)59)42-45(51(56-46(42)26-9-5-3-6-10-26)33-24-31(53)16-18-35(33)55-49(51)63)39(61)25-38(60)43-44(29-13-19-36(58)41(22-29)65-2)50(57-47(43)27-11-7-4-8-12-27)32-23-30(52)15-17-34(32)54-48(50)62/h3-25,42-47,56-60H,1-2H3,(H,54,62)(H,55,63). The van der Waals surface area contributed by atoms with Gasteiger partial charge in [0.2, 0.25) is 11.8 Å². The van der Waals surface area contributed by atoms with Crippen LogP contribution in [0.2, 0.25) is 10.0 Å². The van der Waals surface area contributed by atoms with Crippen molar-refractivity contribution in [2.75, 3.05) is 24.9 Å². The monoisotopic (exact) mass is 908 g/mol. The summed E-state index contributed by atoms with van der Waals surface area (Å²) in [7, 11) is 2.85. The van der Waals surface area contributed by atoms with Gasteiger partial charge in [0.05, 0.1) is 20.1 Å². The summed E-state index contributed by atoms with van der Waals surface area (Å²) >= 11 is 13.3. The second-order valence-corrected chi connectivity index (χ2v) is 17.7. The van der Waals surface area contributed by atoms with Gasteiger partial charge >= 0.3 is 0 Å². The van der Waals surface area contributed by atoms with Gasteiger partial charge < -0.3 is 35.4 Å². The van der Waals surface area contributed by atoms with E-state index in [1.54, 1.807) is 60.7 Å². The number of nitrogens with one attached hydrogen (secondary N) is 4. The topological polar surface area (TPSA) is 178 Å². The minimum absolute atomic E-state index is 0.130. The summed E-state index contributed by atoms with van der Waals surface area (Å²) in [4.78, 5) is 45.5. The molecule has 8 atom stereocenters. The molecule has 0 bridgehead atoms. The Labute approximate surface area is 383 Å². The van der Waals surface area contributed by atoms with Gasteiger partial charge in [-0.05, 0) is 82.9 Å². The number of anilines is 2. The molecule has 0 radical (unpaired) electrons. The second-order valence-electron chi connectivity index (χ2n) is 16.8.